The second-order valence-electron chi connectivity index (χ2n) is 4.95. The normalized spacial score (nSPS) is 23.8. The number of likely N-dealkylation sites (N-methyl/N-ethyl adjacent to an activating group) is 1. The first kappa shape index (κ1) is 14.2. The van der Waals surface area contributed by atoms with Crippen molar-refractivity contribution in [2.75, 3.05) is 12.4 Å². The molecule has 0 aliphatic heterocycles. The molecule has 0 unspecified atom stereocenters. The molecule has 0 aromatic carbocycles. The predicted octanol–water partition coefficient (Wildman–Crippen LogP) is 1.52. The van der Waals surface area contributed by atoms with Crippen molar-refractivity contribution < 1.29 is 9.90 Å². The fourth-order valence-corrected chi connectivity index (χ4v) is 2.28. The number of nitrogens with zero attached hydrogens (tertiary/aromatic N) is 2. The van der Waals surface area contributed by atoms with Gasteiger partial charge in [-0.05, 0) is 38.9 Å². The predicted molar refractivity (Wildman–Crippen MR) is 74.1 cm³/mol. The summed E-state index contributed by atoms with van der Waals surface area (Å²) in [5.41, 5.74) is 0.517. The number of aliphatic hydroxyl groups is 1. The third kappa shape index (κ3) is 3.23. The van der Waals surface area contributed by atoms with Crippen LogP contribution in [0.4, 0.5) is 5.69 Å². The van der Waals surface area contributed by atoms with Crippen LogP contribution in [0, 0.1) is 0 Å². The molecule has 1 fully saturated rings. The molecular weight excluding hydrogens is 266 g/mol. The van der Waals surface area contributed by atoms with Crippen LogP contribution in [0.25, 0.3) is 0 Å². The number of hydrogen-bond acceptors (Lipinski definition) is 4. The summed E-state index contributed by atoms with van der Waals surface area (Å²) in [6.07, 6.45) is 2.79. The van der Waals surface area contributed by atoms with Crippen LogP contribution in [0.5, 0.6) is 0 Å². The highest BCUT2D eigenvalue weighted by atomic mass is 35.5. The first-order valence-electron chi connectivity index (χ1n) is 6.30. The van der Waals surface area contributed by atoms with Gasteiger partial charge in [-0.2, -0.15) is 0 Å². The molecule has 0 radical (unpaired) electrons. The maximum absolute atomic E-state index is 12.1. The first-order chi connectivity index (χ1) is 8.99. The molecule has 1 aliphatic carbocycles. The zero-order valence-corrected chi connectivity index (χ0v) is 11.8. The van der Waals surface area contributed by atoms with E-state index in [1.54, 1.807) is 18.3 Å². The van der Waals surface area contributed by atoms with Crippen molar-refractivity contribution in [1.82, 2.24) is 9.88 Å². The van der Waals surface area contributed by atoms with Gasteiger partial charge in [-0.15, -0.1) is 0 Å². The Morgan fingerprint density at radius 3 is 2.89 bits per heavy atom. The number of hydrogen-bond donors (Lipinski definition) is 2. The van der Waals surface area contributed by atoms with Crippen molar-refractivity contribution in [3.05, 3.63) is 23.5 Å². The zero-order valence-electron chi connectivity index (χ0n) is 11.0. The molecule has 2 rings (SSSR count). The second kappa shape index (κ2) is 5.86. The molecule has 0 saturated heterocycles. The van der Waals surface area contributed by atoms with Crippen molar-refractivity contribution in [2.45, 2.75) is 38.0 Å². The summed E-state index contributed by atoms with van der Waals surface area (Å²) < 4.78 is 0. The number of carbonyl (C=O) groups excluding carboxylic acids is 1. The van der Waals surface area contributed by atoms with Gasteiger partial charge in [0.25, 0.3) is 0 Å². The number of halogens is 1. The molecule has 104 valence electrons. The van der Waals surface area contributed by atoms with Gasteiger partial charge < -0.3 is 10.4 Å². The Balaban J connectivity index is 1.94. The van der Waals surface area contributed by atoms with Crippen molar-refractivity contribution in [2.24, 2.45) is 0 Å². The molecule has 0 spiro atoms. The summed E-state index contributed by atoms with van der Waals surface area (Å²) in [5, 5.41) is 12.4. The van der Waals surface area contributed by atoms with E-state index in [1.165, 1.54) is 0 Å². The third-order valence-electron chi connectivity index (χ3n) is 3.67. The molecule has 1 atom stereocenters. The molecule has 19 heavy (non-hydrogen) atoms. The molecule has 0 bridgehead atoms. The summed E-state index contributed by atoms with van der Waals surface area (Å²) >= 11 is 5.90. The molecule has 1 aromatic rings. The average Bonchev–Trinajstić information content (AvgIpc) is 2.36. The lowest BCUT2D eigenvalue weighted by molar-refractivity contribution is -0.122. The van der Waals surface area contributed by atoms with Gasteiger partial charge >= 0.3 is 0 Å². The molecular formula is C13H18ClN3O2. The topological polar surface area (TPSA) is 65.5 Å². The van der Waals surface area contributed by atoms with Gasteiger partial charge in [-0.25, -0.2) is 4.98 Å². The highest BCUT2D eigenvalue weighted by molar-refractivity contribution is 6.32. The van der Waals surface area contributed by atoms with Crippen molar-refractivity contribution >= 4 is 23.2 Å². The number of anilines is 1. The zero-order chi connectivity index (χ0) is 14.0. The van der Waals surface area contributed by atoms with E-state index in [0.717, 1.165) is 12.8 Å². The van der Waals surface area contributed by atoms with Crippen LogP contribution in [0.1, 0.15) is 19.8 Å². The van der Waals surface area contributed by atoms with Crippen LogP contribution < -0.4 is 5.32 Å². The number of amides is 1. The quantitative estimate of drug-likeness (QED) is 0.822. The number of carbonyl (C=O) groups is 1. The van der Waals surface area contributed by atoms with E-state index >= 15 is 0 Å². The molecule has 6 heteroatoms. The Hall–Kier alpha value is -1.17. The van der Waals surface area contributed by atoms with Crippen LogP contribution in [0.3, 0.4) is 0 Å². The number of pyridine rings is 1. The Morgan fingerprint density at radius 1 is 1.63 bits per heavy atom. The van der Waals surface area contributed by atoms with Crippen LogP contribution in [-0.4, -0.2) is 46.1 Å². The van der Waals surface area contributed by atoms with E-state index in [4.69, 9.17) is 11.6 Å². The lowest BCUT2D eigenvalue weighted by Crippen LogP contribution is -2.52. The lowest BCUT2D eigenvalue weighted by atomic mass is 9.87. The van der Waals surface area contributed by atoms with Gasteiger partial charge in [-0.1, -0.05) is 11.6 Å². The van der Waals surface area contributed by atoms with Crippen LogP contribution in [0.15, 0.2) is 18.3 Å². The standard InChI is InChI=1S/C13H18ClN3O2/c1-8(17(2)9-6-10(18)7-9)13(19)16-11-4-3-5-15-12(11)14/h3-5,8-10,18H,6-7H2,1-2H3,(H,16,19)/t8-,9?,10?/m0/s1. The second-order valence-corrected chi connectivity index (χ2v) is 5.31. The van der Waals surface area contributed by atoms with Gasteiger partial charge in [-0.3, -0.25) is 9.69 Å². The summed E-state index contributed by atoms with van der Waals surface area (Å²) in [4.78, 5) is 18.0. The summed E-state index contributed by atoms with van der Waals surface area (Å²) in [5.74, 6) is -0.126. The van der Waals surface area contributed by atoms with Gasteiger partial charge in [0.15, 0.2) is 5.15 Å². The molecule has 1 saturated carbocycles. The number of aliphatic hydroxyl groups excluding tert-OH is 1. The average molecular weight is 284 g/mol. The monoisotopic (exact) mass is 283 g/mol. The van der Waals surface area contributed by atoms with Gasteiger partial charge in [0.1, 0.15) is 0 Å². The Labute approximate surface area is 117 Å². The third-order valence-corrected chi connectivity index (χ3v) is 3.97. The maximum Gasteiger partial charge on any atom is 0.241 e. The molecule has 5 nitrogen and oxygen atoms in total. The SMILES string of the molecule is C[C@@H](C(=O)Nc1cccnc1Cl)N(C)C1CC(O)C1. The number of aromatic nitrogens is 1. The van der Waals surface area contributed by atoms with Crippen LogP contribution >= 0.6 is 11.6 Å². The van der Waals surface area contributed by atoms with E-state index in [9.17, 15) is 9.90 Å². The minimum absolute atomic E-state index is 0.126. The Bertz CT molecular complexity index is 463. The molecule has 1 aliphatic rings. The maximum atomic E-state index is 12.1. The first-order valence-corrected chi connectivity index (χ1v) is 6.68. The van der Waals surface area contributed by atoms with Crippen LogP contribution in [-0.2, 0) is 4.79 Å². The van der Waals surface area contributed by atoms with Crippen molar-refractivity contribution in [1.29, 1.82) is 0 Å². The summed E-state index contributed by atoms with van der Waals surface area (Å²) in [6.45, 7) is 1.84. The lowest BCUT2D eigenvalue weighted by Gasteiger charge is -2.41. The Kier molecular flexibility index (Phi) is 4.39. The van der Waals surface area contributed by atoms with E-state index in [1.807, 2.05) is 18.9 Å². The molecule has 1 aromatic heterocycles. The van der Waals surface area contributed by atoms with Gasteiger partial charge in [0, 0.05) is 12.2 Å². The van der Waals surface area contributed by atoms with Gasteiger partial charge in [0.2, 0.25) is 5.91 Å². The summed E-state index contributed by atoms with van der Waals surface area (Å²) in [6, 6.07) is 3.42. The number of rotatable bonds is 4. The van der Waals surface area contributed by atoms with E-state index in [2.05, 4.69) is 10.3 Å². The van der Waals surface area contributed by atoms with Crippen molar-refractivity contribution in [3.8, 4) is 0 Å². The molecule has 2 N–H and O–H groups in total. The smallest absolute Gasteiger partial charge is 0.241 e. The number of nitrogens with one attached hydrogen (secondary N) is 1. The van der Waals surface area contributed by atoms with E-state index in [0.29, 0.717) is 5.69 Å². The highest BCUT2D eigenvalue weighted by Crippen LogP contribution is 2.26. The largest absolute Gasteiger partial charge is 0.393 e. The van der Waals surface area contributed by atoms with Gasteiger partial charge in [0.05, 0.1) is 17.8 Å². The summed E-state index contributed by atoms with van der Waals surface area (Å²) in [7, 11) is 1.89. The Morgan fingerprint density at radius 2 is 2.32 bits per heavy atom. The minimum atomic E-state index is -0.284. The fraction of sp³-hybridized carbons (Fsp3) is 0.538. The highest BCUT2D eigenvalue weighted by Gasteiger charge is 2.34. The van der Waals surface area contributed by atoms with E-state index < -0.39 is 0 Å². The van der Waals surface area contributed by atoms with E-state index in [-0.39, 0.29) is 29.2 Å². The fourth-order valence-electron chi connectivity index (χ4n) is 2.11. The molecule has 1 amide bonds. The molecule has 1 heterocycles. The van der Waals surface area contributed by atoms with Crippen molar-refractivity contribution in [3.63, 3.8) is 0 Å². The minimum Gasteiger partial charge on any atom is -0.393 e. The van der Waals surface area contributed by atoms with Crippen LogP contribution in [0.2, 0.25) is 5.15 Å².